The van der Waals surface area contributed by atoms with Crippen LogP contribution in [0.3, 0.4) is 0 Å². The zero-order chi connectivity index (χ0) is 10.8. The van der Waals surface area contributed by atoms with Crippen molar-refractivity contribution in [1.29, 1.82) is 0 Å². The molecule has 0 aromatic carbocycles. The summed E-state index contributed by atoms with van der Waals surface area (Å²) in [7, 11) is 0. The third-order valence-electron chi connectivity index (χ3n) is 2.39. The van der Waals surface area contributed by atoms with Crippen LogP contribution in [-0.2, 0) is 9.53 Å². The van der Waals surface area contributed by atoms with Gasteiger partial charge >= 0.3 is 0 Å². The fourth-order valence-electron chi connectivity index (χ4n) is 1.48. The Kier molecular flexibility index (Phi) is 3.19. The number of nitrogens with one attached hydrogen (secondary N) is 1. The number of hydrogen-bond donors (Lipinski definition) is 1. The molecule has 1 amide bonds. The van der Waals surface area contributed by atoms with Crippen molar-refractivity contribution in [2.45, 2.75) is 40.2 Å². The van der Waals surface area contributed by atoms with Gasteiger partial charge in [-0.1, -0.05) is 20.8 Å². The van der Waals surface area contributed by atoms with Crippen LogP contribution in [0.25, 0.3) is 0 Å². The molecule has 3 heteroatoms. The van der Waals surface area contributed by atoms with Gasteiger partial charge in [-0.05, 0) is 12.3 Å². The van der Waals surface area contributed by atoms with Gasteiger partial charge in [0.1, 0.15) is 5.76 Å². The molecule has 1 rings (SSSR count). The molecule has 0 radical (unpaired) electrons. The molecule has 0 fully saturated rings. The smallest absolute Gasteiger partial charge is 0.247 e. The number of carbonyl (C=O) groups is 1. The van der Waals surface area contributed by atoms with Gasteiger partial charge in [0, 0.05) is 18.5 Å². The van der Waals surface area contributed by atoms with Gasteiger partial charge in [0.05, 0.1) is 6.61 Å². The van der Waals surface area contributed by atoms with E-state index in [-0.39, 0.29) is 17.4 Å². The Morgan fingerprint density at radius 1 is 1.57 bits per heavy atom. The molecule has 1 heterocycles. The first-order valence-electron chi connectivity index (χ1n) is 5.07. The highest BCUT2D eigenvalue weighted by atomic mass is 16.5. The van der Waals surface area contributed by atoms with Crippen molar-refractivity contribution in [1.82, 2.24) is 5.32 Å². The van der Waals surface area contributed by atoms with Crippen molar-refractivity contribution < 1.29 is 9.53 Å². The second-order valence-electron chi connectivity index (χ2n) is 4.67. The Morgan fingerprint density at radius 3 is 2.71 bits per heavy atom. The van der Waals surface area contributed by atoms with Crippen LogP contribution < -0.4 is 5.32 Å². The second kappa shape index (κ2) is 4.03. The van der Waals surface area contributed by atoms with Crippen molar-refractivity contribution in [3.63, 3.8) is 0 Å². The van der Waals surface area contributed by atoms with Crippen LogP contribution in [0.15, 0.2) is 11.8 Å². The first-order chi connectivity index (χ1) is 6.43. The van der Waals surface area contributed by atoms with Gasteiger partial charge in [-0.25, -0.2) is 0 Å². The first-order valence-corrected chi connectivity index (χ1v) is 5.07. The molecule has 14 heavy (non-hydrogen) atoms. The van der Waals surface area contributed by atoms with Gasteiger partial charge in [-0.2, -0.15) is 0 Å². The minimum Gasteiger partial charge on any atom is -0.498 e. The molecule has 1 aliphatic heterocycles. The Hall–Kier alpha value is -0.990. The third-order valence-corrected chi connectivity index (χ3v) is 2.39. The van der Waals surface area contributed by atoms with E-state index in [1.165, 1.54) is 0 Å². The summed E-state index contributed by atoms with van der Waals surface area (Å²) in [6, 6.07) is 0.168. The maximum absolute atomic E-state index is 11.3. The number of carbonyl (C=O) groups excluding carboxylic acids is 1. The van der Waals surface area contributed by atoms with Gasteiger partial charge in [-0.3, -0.25) is 4.79 Å². The number of amides is 1. The van der Waals surface area contributed by atoms with Gasteiger partial charge in [0.2, 0.25) is 5.91 Å². The monoisotopic (exact) mass is 197 g/mol. The molecule has 0 saturated heterocycles. The number of ether oxygens (including phenoxy) is 1. The Labute approximate surface area is 85.5 Å². The maximum atomic E-state index is 11.3. The molecular weight excluding hydrogens is 178 g/mol. The van der Waals surface area contributed by atoms with E-state index in [1.807, 2.05) is 6.92 Å². The van der Waals surface area contributed by atoms with Crippen molar-refractivity contribution >= 4 is 5.91 Å². The molecule has 0 bridgehead atoms. The van der Waals surface area contributed by atoms with E-state index in [4.69, 9.17) is 4.74 Å². The minimum absolute atomic E-state index is 0.0420. The predicted octanol–water partition coefficient (Wildman–Crippen LogP) is 1.84. The fraction of sp³-hybridized carbons (Fsp3) is 0.727. The molecule has 80 valence electrons. The van der Waals surface area contributed by atoms with Gasteiger partial charge in [-0.15, -0.1) is 0 Å². The van der Waals surface area contributed by atoms with Crippen LogP contribution in [0.4, 0.5) is 0 Å². The number of rotatable bonds is 2. The molecule has 1 unspecified atom stereocenters. The van der Waals surface area contributed by atoms with Gasteiger partial charge in [0.15, 0.2) is 0 Å². The lowest BCUT2D eigenvalue weighted by Gasteiger charge is -2.34. The summed E-state index contributed by atoms with van der Waals surface area (Å²) in [6.07, 6.45) is 2.34. The quantitative estimate of drug-likeness (QED) is 0.733. The minimum atomic E-state index is -0.0420. The second-order valence-corrected chi connectivity index (χ2v) is 4.67. The molecule has 0 saturated carbocycles. The Balaban J connectivity index is 2.71. The molecule has 0 aliphatic carbocycles. The van der Waals surface area contributed by atoms with E-state index in [9.17, 15) is 4.79 Å². The summed E-state index contributed by atoms with van der Waals surface area (Å²) in [5, 5.41) is 2.95. The van der Waals surface area contributed by atoms with Gasteiger partial charge in [0.25, 0.3) is 0 Å². The zero-order valence-corrected chi connectivity index (χ0v) is 9.39. The summed E-state index contributed by atoms with van der Waals surface area (Å²) >= 11 is 0. The molecule has 1 atom stereocenters. The summed E-state index contributed by atoms with van der Waals surface area (Å²) in [4.78, 5) is 11.3. The molecule has 0 spiro atoms. The van der Waals surface area contributed by atoms with E-state index in [0.29, 0.717) is 6.61 Å². The highest BCUT2D eigenvalue weighted by Gasteiger charge is 2.30. The first kappa shape index (κ1) is 11.1. The van der Waals surface area contributed by atoms with Crippen LogP contribution in [0.5, 0.6) is 0 Å². The Morgan fingerprint density at radius 2 is 2.21 bits per heavy atom. The van der Waals surface area contributed by atoms with E-state index in [1.54, 1.807) is 6.08 Å². The van der Waals surface area contributed by atoms with E-state index in [2.05, 4.69) is 26.1 Å². The molecule has 1 aliphatic rings. The lowest BCUT2D eigenvalue weighted by molar-refractivity contribution is -0.118. The zero-order valence-electron chi connectivity index (χ0n) is 9.39. The highest BCUT2D eigenvalue weighted by molar-refractivity contribution is 5.89. The third kappa shape index (κ3) is 2.76. The maximum Gasteiger partial charge on any atom is 0.247 e. The van der Waals surface area contributed by atoms with Crippen LogP contribution in [-0.4, -0.2) is 18.6 Å². The van der Waals surface area contributed by atoms with Crippen molar-refractivity contribution in [2.75, 3.05) is 6.61 Å². The SMILES string of the molecule is CCOC1=CC(=O)NC(C(C)(C)C)C1. The molecule has 0 aromatic heterocycles. The van der Waals surface area contributed by atoms with Gasteiger partial charge < -0.3 is 10.1 Å². The van der Waals surface area contributed by atoms with Crippen molar-refractivity contribution in [3.05, 3.63) is 11.8 Å². The lowest BCUT2D eigenvalue weighted by atomic mass is 9.83. The highest BCUT2D eigenvalue weighted by Crippen LogP contribution is 2.27. The molecule has 0 aromatic rings. The summed E-state index contributed by atoms with van der Waals surface area (Å²) in [5.74, 6) is 0.760. The average molecular weight is 197 g/mol. The van der Waals surface area contributed by atoms with E-state index in [0.717, 1.165) is 12.2 Å². The predicted molar refractivity (Wildman–Crippen MR) is 55.7 cm³/mol. The van der Waals surface area contributed by atoms with E-state index < -0.39 is 0 Å². The largest absolute Gasteiger partial charge is 0.498 e. The van der Waals surface area contributed by atoms with Crippen LogP contribution in [0.1, 0.15) is 34.1 Å². The van der Waals surface area contributed by atoms with Crippen LogP contribution in [0, 0.1) is 5.41 Å². The summed E-state index contributed by atoms with van der Waals surface area (Å²) in [6.45, 7) is 8.90. The molecular formula is C11H19NO2. The lowest BCUT2D eigenvalue weighted by Crippen LogP contribution is -2.46. The summed E-state index contributed by atoms with van der Waals surface area (Å²) in [5.41, 5.74) is 0.0757. The topological polar surface area (TPSA) is 38.3 Å². The molecule has 3 nitrogen and oxygen atoms in total. The van der Waals surface area contributed by atoms with Crippen molar-refractivity contribution in [3.8, 4) is 0 Å². The molecule has 1 N–H and O–H groups in total. The normalized spacial score (nSPS) is 22.7. The standard InChI is InChI=1S/C11H19NO2/c1-5-14-8-6-9(11(2,3)4)12-10(13)7-8/h7,9H,5-6H2,1-4H3,(H,12,13). The fourth-order valence-corrected chi connectivity index (χ4v) is 1.48. The van der Waals surface area contributed by atoms with Crippen LogP contribution >= 0.6 is 0 Å². The van der Waals surface area contributed by atoms with Crippen molar-refractivity contribution in [2.24, 2.45) is 5.41 Å². The number of hydrogen-bond acceptors (Lipinski definition) is 2. The summed E-state index contributed by atoms with van der Waals surface area (Å²) < 4.78 is 5.38. The average Bonchev–Trinajstić information content (AvgIpc) is 2.02. The van der Waals surface area contributed by atoms with E-state index >= 15 is 0 Å². The Bertz CT molecular complexity index is 251. The van der Waals surface area contributed by atoms with Crippen LogP contribution in [0.2, 0.25) is 0 Å².